The Hall–Kier alpha value is -2.94. The number of rotatable bonds is 4. The SMILES string of the molecule is Cc1cc(-c2nc(-c3ccc(OC(F)(F)F)c(CF)c3)n3c2CCOC(C)C3)ccn1. The van der Waals surface area contributed by atoms with Crippen LogP contribution in [-0.4, -0.2) is 33.6 Å². The molecular formula is C22H21F4N3O2. The van der Waals surface area contributed by atoms with Crippen LogP contribution in [0.4, 0.5) is 17.6 Å². The van der Waals surface area contributed by atoms with Gasteiger partial charge in [-0.25, -0.2) is 9.37 Å². The van der Waals surface area contributed by atoms with E-state index in [1.807, 2.05) is 30.5 Å². The van der Waals surface area contributed by atoms with Crippen LogP contribution < -0.4 is 4.74 Å². The second-order valence-electron chi connectivity index (χ2n) is 7.46. The number of nitrogens with zero attached hydrogens (tertiary/aromatic N) is 3. The fourth-order valence-electron chi connectivity index (χ4n) is 3.79. The molecule has 0 aliphatic carbocycles. The molecule has 1 aliphatic heterocycles. The summed E-state index contributed by atoms with van der Waals surface area (Å²) in [7, 11) is 0. The van der Waals surface area contributed by atoms with E-state index >= 15 is 0 Å². The van der Waals surface area contributed by atoms with Gasteiger partial charge in [-0.2, -0.15) is 0 Å². The Morgan fingerprint density at radius 2 is 2.00 bits per heavy atom. The molecule has 0 N–H and O–H groups in total. The maximum absolute atomic E-state index is 13.5. The van der Waals surface area contributed by atoms with E-state index in [0.29, 0.717) is 31.0 Å². The Kier molecular flexibility index (Phi) is 5.70. The summed E-state index contributed by atoms with van der Waals surface area (Å²) in [5, 5.41) is 0. The fourth-order valence-corrected chi connectivity index (χ4v) is 3.79. The Morgan fingerprint density at radius 1 is 1.19 bits per heavy atom. The summed E-state index contributed by atoms with van der Waals surface area (Å²) in [6.07, 6.45) is -2.64. The number of alkyl halides is 4. The van der Waals surface area contributed by atoms with Gasteiger partial charge in [0.25, 0.3) is 0 Å². The van der Waals surface area contributed by atoms with Crippen molar-refractivity contribution in [2.24, 2.45) is 0 Å². The van der Waals surface area contributed by atoms with Crippen LogP contribution >= 0.6 is 0 Å². The van der Waals surface area contributed by atoms with Crippen LogP contribution in [0.2, 0.25) is 0 Å². The van der Waals surface area contributed by atoms with Crippen LogP contribution in [0.5, 0.6) is 5.75 Å². The lowest BCUT2D eigenvalue weighted by Crippen LogP contribution is -2.18. The molecule has 5 nitrogen and oxygen atoms in total. The summed E-state index contributed by atoms with van der Waals surface area (Å²) in [5.41, 5.74) is 3.77. The van der Waals surface area contributed by atoms with Crippen molar-refractivity contribution in [2.45, 2.75) is 46.0 Å². The molecule has 2 aromatic heterocycles. The molecule has 3 aromatic rings. The molecule has 3 heterocycles. The largest absolute Gasteiger partial charge is 0.573 e. The van der Waals surface area contributed by atoms with Crippen LogP contribution in [0.1, 0.15) is 23.9 Å². The van der Waals surface area contributed by atoms with Gasteiger partial charge in [0.2, 0.25) is 0 Å². The van der Waals surface area contributed by atoms with Crippen molar-refractivity contribution in [3.63, 3.8) is 0 Å². The van der Waals surface area contributed by atoms with Gasteiger partial charge < -0.3 is 14.0 Å². The second-order valence-corrected chi connectivity index (χ2v) is 7.46. The zero-order chi connectivity index (χ0) is 22.2. The highest BCUT2D eigenvalue weighted by Gasteiger charge is 2.32. The number of halogens is 4. The van der Waals surface area contributed by atoms with Gasteiger partial charge in [0.05, 0.1) is 24.9 Å². The molecule has 1 atom stereocenters. The van der Waals surface area contributed by atoms with Crippen molar-refractivity contribution in [3.05, 3.63) is 53.5 Å². The second kappa shape index (κ2) is 8.30. The van der Waals surface area contributed by atoms with Gasteiger partial charge in [0.15, 0.2) is 0 Å². The number of fused-ring (bicyclic) bond motifs is 1. The molecule has 1 aromatic carbocycles. The molecule has 0 saturated heterocycles. The van der Waals surface area contributed by atoms with Crippen molar-refractivity contribution in [1.29, 1.82) is 0 Å². The average Bonchev–Trinajstić information content (AvgIpc) is 2.94. The van der Waals surface area contributed by atoms with Crippen molar-refractivity contribution < 1.29 is 27.0 Å². The summed E-state index contributed by atoms with van der Waals surface area (Å²) in [5.74, 6) is -0.00634. The topological polar surface area (TPSA) is 49.2 Å². The first-order valence-electron chi connectivity index (χ1n) is 9.84. The van der Waals surface area contributed by atoms with E-state index in [2.05, 4.69) is 9.72 Å². The maximum atomic E-state index is 13.5. The molecule has 0 fully saturated rings. The van der Waals surface area contributed by atoms with E-state index in [0.717, 1.165) is 28.7 Å². The van der Waals surface area contributed by atoms with Crippen LogP contribution in [0, 0.1) is 6.92 Å². The lowest BCUT2D eigenvalue weighted by molar-refractivity contribution is -0.275. The predicted octanol–water partition coefficient (Wildman–Crippen LogP) is 5.25. The van der Waals surface area contributed by atoms with E-state index in [9.17, 15) is 17.6 Å². The minimum absolute atomic E-state index is 0.0743. The lowest BCUT2D eigenvalue weighted by Gasteiger charge is -2.15. The van der Waals surface area contributed by atoms with E-state index < -0.39 is 18.8 Å². The zero-order valence-corrected chi connectivity index (χ0v) is 17.0. The Bertz CT molecular complexity index is 1090. The molecule has 1 aliphatic rings. The van der Waals surface area contributed by atoms with Crippen LogP contribution in [0.15, 0.2) is 36.5 Å². The normalized spacial score (nSPS) is 16.6. The smallest absolute Gasteiger partial charge is 0.405 e. The number of ether oxygens (including phenoxy) is 2. The number of benzene rings is 1. The average molecular weight is 435 g/mol. The third-order valence-electron chi connectivity index (χ3n) is 5.11. The van der Waals surface area contributed by atoms with Gasteiger partial charge in [0, 0.05) is 40.7 Å². The Labute approximate surface area is 176 Å². The molecule has 0 spiro atoms. The molecular weight excluding hydrogens is 414 g/mol. The number of hydrogen-bond acceptors (Lipinski definition) is 4. The van der Waals surface area contributed by atoms with Gasteiger partial charge in [-0.05, 0) is 44.2 Å². The van der Waals surface area contributed by atoms with Gasteiger partial charge in [-0.15, -0.1) is 13.2 Å². The Balaban J connectivity index is 1.85. The molecule has 4 rings (SSSR count). The van der Waals surface area contributed by atoms with Gasteiger partial charge >= 0.3 is 6.36 Å². The minimum Gasteiger partial charge on any atom is -0.405 e. The van der Waals surface area contributed by atoms with Gasteiger partial charge in [-0.1, -0.05) is 0 Å². The number of aromatic nitrogens is 3. The van der Waals surface area contributed by atoms with Crippen LogP contribution in [0.25, 0.3) is 22.6 Å². The zero-order valence-electron chi connectivity index (χ0n) is 17.0. The number of hydrogen-bond donors (Lipinski definition) is 0. The van der Waals surface area contributed by atoms with Crippen molar-refractivity contribution in [2.75, 3.05) is 6.61 Å². The van der Waals surface area contributed by atoms with E-state index in [1.165, 1.54) is 12.1 Å². The third kappa shape index (κ3) is 4.56. The van der Waals surface area contributed by atoms with Crippen LogP contribution in [0.3, 0.4) is 0 Å². The van der Waals surface area contributed by atoms with Crippen molar-refractivity contribution in [3.8, 4) is 28.4 Å². The van der Waals surface area contributed by atoms with E-state index in [1.54, 1.807) is 6.20 Å². The van der Waals surface area contributed by atoms with Crippen molar-refractivity contribution in [1.82, 2.24) is 14.5 Å². The first-order valence-corrected chi connectivity index (χ1v) is 9.84. The summed E-state index contributed by atoms with van der Waals surface area (Å²) in [6.45, 7) is 3.79. The monoisotopic (exact) mass is 435 g/mol. The van der Waals surface area contributed by atoms with Crippen molar-refractivity contribution >= 4 is 0 Å². The Morgan fingerprint density at radius 3 is 2.71 bits per heavy atom. The van der Waals surface area contributed by atoms with Gasteiger partial charge in [0.1, 0.15) is 18.2 Å². The lowest BCUT2D eigenvalue weighted by atomic mass is 10.1. The molecule has 31 heavy (non-hydrogen) atoms. The summed E-state index contributed by atoms with van der Waals surface area (Å²) in [6, 6.07) is 7.74. The minimum atomic E-state index is -4.89. The summed E-state index contributed by atoms with van der Waals surface area (Å²) in [4.78, 5) is 9.05. The highest BCUT2D eigenvalue weighted by Crippen LogP contribution is 2.35. The molecule has 0 amide bonds. The summed E-state index contributed by atoms with van der Waals surface area (Å²) >= 11 is 0. The van der Waals surface area contributed by atoms with Gasteiger partial charge in [-0.3, -0.25) is 4.98 Å². The molecule has 0 bridgehead atoms. The molecule has 0 radical (unpaired) electrons. The molecule has 0 saturated carbocycles. The first-order chi connectivity index (χ1) is 14.7. The fraction of sp³-hybridized carbons (Fsp3) is 0.364. The molecule has 9 heteroatoms. The van der Waals surface area contributed by atoms with E-state index in [-0.39, 0.29) is 11.7 Å². The number of aryl methyl sites for hydroxylation is 1. The number of pyridine rings is 1. The standard InChI is InChI=1S/C22H21F4N3O2/c1-13-9-15(5-7-27-13)20-18-6-8-30-14(2)12-29(18)21(28-20)16-3-4-19(17(10-16)11-23)31-22(24,25)26/h3-5,7,9-10,14H,6,8,11-12H2,1-2H3. The highest BCUT2D eigenvalue weighted by molar-refractivity contribution is 5.69. The highest BCUT2D eigenvalue weighted by atomic mass is 19.4. The molecule has 1 unspecified atom stereocenters. The third-order valence-corrected chi connectivity index (χ3v) is 5.11. The van der Waals surface area contributed by atoms with Crippen LogP contribution in [-0.2, 0) is 24.4 Å². The number of imidazole rings is 1. The first kappa shape index (κ1) is 21.3. The summed E-state index contributed by atoms with van der Waals surface area (Å²) < 4.78 is 63.2. The molecule has 164 valence electrons. The predicted molar refractivity (Wildman–Crippen MR) is 106 cm³/mol. The maximum Gasteiger partial charge on any atom is 0.573 e. The van der Waals surface area contributed by atoms with E-state index in [4.69, 9.17) is 9.72 Å². The quantitative estimate of drug-likeness (QED) is 0.526.